The number of carbonyl (C=O) groups excluding carboxylic acids is 2. The van der Waals surface area contributed by atoms with Crippen LogP contribution in [0.4, 0.5) is 5.69 Å². The molecule has 28 heavy (non-hydrogen) atoms. The fraction of sp³-hybridized carbons (Fsp3) is 0.333. The number of nitrogens with one attached hydrogen (secondary N) is 1. The van der Waals surface area contributed by atoms with Gasteiger partial charge in [0.2, 0.25) is 11.8 Å². The third-order valence-electron chi connectivity index (χ3n) is 4.89. The fourth-order valence-electron chi connectivity index (χ4n) is 3.46. The van der Waals surface area contributed by atoms with E-state index in [1.165, 1.54) is 0 Å². The van der Waals surface area contributed by atoms with Gasteiger partial charge in [0.15, 0.2) is 11.5 Å². The highest BCUT2D eigenvalue weighted by Gasteiger charge is 2.34. The number of anilines is 1. The highest BCUT2D eigenvalue weighted by atomic mass is 35.5. The van der Waals surface area contributed by atoms with Gasteiger partial charge in [0.25, 0.3) is 0 Å². The number of rotatable bonds is 4. The standard InChI is InChI=1S/C21H21ClN2O4/c22-17-9-14(10-18-20(17)28-8-4-7-27-18)12-23-21(26)15-11-19(25)24(13-15)16-5-2-1-3-6-16/h1-3,5-6,9-10,15H,4,7-8,11-13H2,(H,23,26). The number of ether oxygens (including phenoxy) is 2. The molecule has 1 atom stereocenters. The normalized spacial score (nSPS) is 18.7. The first-order valence-electron chi connectivity index (χ1n) is 9.33. The molecule has 6 nitrogen and oxygen atoms in total. The zero-order valence-corrected chi connectivity index (χ0v) is 16.1. The van der Waals surface area contributed by atoms with E-state index in [-0.39, 0.29) is 24.2 Å². The maximum atomic E-state index is 12.6. The van der Waals surface area contributed by atoms with Crippen LogP contribution in [0.3, 0.4) is 0 Å². The van der Waals surface area contributed by atoms with E-state index in [4.69, 9.17) is 21.1 Å². The number of amides is 2. The topological polar surface area (TPSA) is 67.9 Å². The molecular weight excluding hydrogens is 380 g/mol. The molecule has 0 spiro atoms. The van der Waals surface area contributed by atoms with Crippen molar-refractivity contribution in [3.63, 3.8) is 0 Å². The molecule has 0 aromatic heterocycles. The van der Waals surface area contributed by atoms with E-state index in [0.29, 0.717) is 42.8 Å². The molecule has 0 radical (unpaired) electrons. The highest BCUT2D eigenvalue weighted by Crippen LogP contribution is 2.38. The van der Waals surface area contributed by atoms with Crippen LogP contribution in [-0.4, -0.2) is 31.6 Å². The molecule has 2 aromatic rings. The van der Waals surface area contributed by atoms with Gasteiger partial charge in [-0.3, -0.25) is 9.59 Å². The monoisotopic (exact) mass is 400 g/mol. The van der Waals surface area contributed by atoms with E-state index in [1.54, 1.807) is 11.0 Å². The molecule has 2 aromatic carbocycles. The summed E-state index contributed by atoms with van der Waals surface area (Å²) in [5.74, 6) is 0.596. The lowest BCUT2D eigenvalue weighted by atomic mass is 10.1. The van der Waals surface area contributed by atoms with Crippen molar-refractivity contribution in [2.45, 2.75) is 19.4 Å². The van der Waals surface area contributed by atoms with Gasteiger partial charge in [0.1, 0.15) is 0 Å². The van der Waals surface area contributed by atoms with Crippen molar-refractivity contribution in [2.24, 2.45) is 5.92 Å². The van der Waals surface area contributed by atoms with Crippen LogP contribution < -0.4 is 19.7 Å². The van der Waals surface area contributed by atoms with Crippen molar-refractivity contribution in [1.29, 1.82) is 0 Å². The van der Waals surface area contributed by atoms with E-state index < -0.39 is 0 Å². The van der Waals surface area contributed by atoms with Gasteiger partial charge in [-0.05, 0) is 29.8 Å². The largest absolute Gasteiger partial charge is 0.489 e. The number of fused-ring (bicyclic) bond motifs is 1. The van der Waals surface area contributed by atoms with Gasteiger partial charge in [0.05, 0.1) is 24.2 Å². The predicted octanol–water partition coefficient (Wildman–Crippen LogP) is 3.17. The summed E-state index contributed by atoms with van der Waals surface area (Å²) in [6.07, 6.45) is 1.01. The zero-order chi connectivity index (χ0) is 19.5. The summed E-state index contributed by atoms with van der Waals surface area (Å²) in [5.41, 5.74) is 1.64. The Balaban J connectivity index is 1.39. The molecule has 1 N–H and O–H groups in total. The molecule has 7 heteroatoms. The third-order valence-corrected chi connectivity index (χ3v) is 5.17. The number of carbonyl (C=O) groups is 2. The number of benzene rings is 2. The number of hydrogen-bond donors (Lipinski definition) is 1. The van der Waals surface area contributed by atoms with Crippen molar-refractivity contribution < 1.29 is 19.1 Å². The van der Waals surface area contributed by atoms with Crippen LogP contribution in [0.5, 0.6) is 11.5 Å². The lowest BCUT2D eigenvalue weighted by Gasteiger charge is -2.17. The first kappa shape index (κ1) is 18.6. The quantitative estimate of drug-likeness (QED) is 0.856. The Kier molecular flexibility index (Phi) is 5.39. The van der Waals surface area contributed by atoms with Crippen LogP contribution in [-0.2, 0) is 16.1 Å². The van der Waals surface area contributed by atoms with Crippen LogP contribution in [0.15, 0.2) is 42.5 Å². The number of hydrogen-bond acceptors (Lipinski definition) is 4. The lowest BCUT2D eigenvalue weighted by Crippen LogP contribution is -2.32. The number of halogens is 1. The van der Waals surface area contributed by atoms with Gasteiger partial charge >= 0.3 is 0 Å². The molecule has 0 bridgehead atoms. The fourth-order valence-corrected chi connectivity index (χ4v) is 3.75. The van der Waals surface area contributed by atoms with Crippen molar-refractivity contribution in [3.05, 3.63) is 53.1 Å². The van der Waals surface area contributed by atoms with Crippen molar-refractivity contribution >= 4 is 29.1 Å². The summed E-state index contributed by atoms with van der Waals surface area (Å²) >= 11 is 6.30. The van der Waals surface area contributed by atoms with Crippen molar-refractivity contribution in [3.8, 4) is 11.5 Å². The molecule has 1 saturated heterocycles. The highest BCUT2D eigenvalue weighted by molar-refractivity contribution is 6.32. The van der Waals surface area contributed by atoms with Gasteiger partial charge in [0, 0.05) is 31.6 Å². The van der Waals surface area contributed by atoms with Gasteiger partial charge < -0.3 is 19.7 Å². The Morgan fingerprint density at radius 3 is 2.79 bits per heavy atom. The van der Waals surface area contributed by atoms with E-state index >= 15 is 0 Å². The van der Waals surface area contributed by atoms with Crippen molar-refractivity contribution in [2.75, 3.05) is 24.7 Å². The van der Waals surface area contributed by atoms with Crippen LogP contribution in [0.2, 0.25) is 5.02 Å². The molecule has 1 unspecified atom stereocenters. The average Bonchev–Trinajstić information content (AvgIpc) is 2.93. The smallest absolute Gasteiger partial charge is 0.227 e. The molecule has 2 aliphatic rings. The molecule has 4 rings (SSSR count). The Bertz CT molecular complexity index is 887. The first-order valence-corrected chi connectivity index (χ1v) is 9.71. The van der Waals surface area contributed by atoms with Crippen LogP contribution in [0.25, 0.3) is 0 Å². The summed E-state index contributed by atoms with van der Waals surface area (Å²) in [6.45, 7) is 1.83. The van der Waals surface area contributed by atoms with Gasteiger partial charge in [-0.1, -0.05) is 29.8 Å². The Morgan fingerprint density at radius 2 is 1.96 bits per heavy atom. The van der Waals surface area contributed by atoms with E-state index in [9.17, 15) is 9.59 Å². The maximum Gasteiger partial charge on any atom is 0.227 e. The minimum Gasteiger partial charge on any atom is -0.489 e. The summed E-state index contributed by atoms with van der Waals surface area (Å²) in [5, 5.41) is 3.38. The SMILES string of the molecule is O=C(NCc1cc(Cl)c2c(c1)OCCCO2)C1CC(=O)N(c2ccccc2)C1. The predicted molar refractivity (Wildman–Crippen MR) is 106 cm³/mol. The molecule has 1 fully saturated rings. The summed E-state index contributed by atoms with van der Waals surface area (Å²) in [6, 6.07) is 13.0. The second kappa shape index (κ2) is 8.10. The molecule has 0 aliphatic carbocycles. The molecule has 2 aliphatic heterocycles. The molecular formula is C21H21ClN2O4. The Hall–Kier alpha value is -2.73. The van der Waals surface area contributed by atoms with E-state index in [0.717, 1.165) is 17.7 Å². The van der Waals surface area contributed by atoms with Crippen LogP contribution in [0.1, 0.15) is 18.4 Å². The minimum atomic E-state index is -0.372. The maximum absolute atomic E-state index is 12.6. The van der Waals surface area contributed by atoms with E-state index in [2.05, 4.69) is 5.32 Å². The molecule has 146 valence electrons. The summed E-state index contributed by atoms with van der Waals surface area (Å²) < 4.78 is 11.3. The van der Waals surface area contributed by atoms with Crippen LogP contribution in [0, 0.1) is 5.92 Å². The lowest BCUT2D eigenvalue weighted by molar-refractivity contribution is -0.126. The van der Waals surface area contributed by atoms with Gasteiger partial charge in [-0.2, -0.15) is 0 Å². The molecule has 2 amide bonds. The van der Waals surface area contributed by atoms with Crippen molar-refractivity contribution in [1.82, 2.24) is 5.32 Å². The first-order chi connectivity index (χ1) is 13.6. The third kappa shape index (κ3) is 3.92. The second-order valence-corrected chi connectivity index (χ2v) is 7.32. The summed E-state index contributed by atoms with van der Waals surface area (Å²) in [4.78, 5) is 26.6. The zero-order valence-electron chi connectivity index (χ0n) is 15.3. The summed E-state index contributed by atoms with van der Waals surface area (Å²) in [7, 11) is 0. The Morgan fingerprint density at radius 1 is 1.18 bits per heavy atom. The van der Waals surface area contributed by atoms with Gasteiger partial charge in [-0.15, -0.1) is 0 Å². The van der Waals surface area contributed by atoms with Crippen LogP contribution >= 0.6 is 11.6 Å². The molecule has 0 saturated carbocycles. The number of nitrogens with zero attached hydrogens (tertiary/aromatic N) is 1. The minimum absolute atomic E-state index is 0.0371. The average molecular weight is 401 g/mol. The second-order valence-electron chi connectivity index (χ2n) is 6.91. The van der Waals surface area contributed by atoms with Gasteiger partial charge in [-0.25, -0.2) is 0 Å². The number of para-hydroxylation sites is 1. The van der Waals surface area contributed by atoms with E-state index in [1.807, 2.05) is 36.4 Å². The Labute approximate surface area is 168 Å². The molecule has 2 heterocycles.